The van der Waals surface area contributed by atoms with Gasteiger partial charge >= 0.3 is 0 Å². The van der Waals surface area contributed by atoms with E-state index >= 15 is 0 Å². The average molecular weight is 500 g/mol. The first-order chi connectivity index (χ1) is 13.6. The molecule has 28 heavy (non-hydrogen) atoms. The second-order valence-electron chi connectivity index (χ2n) is 6.38. The first-order valence-corrected chi connectivity index (χ1v) is 10.2. The van der Waals surface area contributed by atoms with Crippen LogP contribution in [0.15, 0.2) is 74.7 Å². The summed E-state index contributed by atoms with van der Waals surface area (Å²) in [6.45, 7) is 0. The Morgan fingerprint density at radius 1 is 1.04 bits per heavy atom. The zero-order valence-corrected chi connectivity index (χ0v) is 18.2. The van der Waals surface area contributed by atoms with Crippen molar-refractivity contribution >= 4 is 42.8 Å². The van der Waals surface area contributed by atoms with Crippen molar-refractivity contribution in [2.75, 3.05) is 7.11 Å². The van der Waals surface area contributed by atoms with E-state index in [2.05, 4.69) is 41.8 Å². The number of benzene rings is 2. The molecule has 0 radical (unpaired) electrons. The molecule has 4 aromatic rings. The fourth-order valence-electron chi connectivity index (χ4n) is 3.23. The Labute approximate surface area is 178 Å². The molecule has 0 atom stereocenters. The third-order valence-corrected chi connectivity index (χ3v) is 5.72. The molecular weight excluding hydrogens is 484 g/mol. The molecule has 0 spiro atoms. The highest BCUT2D eigenvalue weighted by Gasteiger charge is 2.16. The number of pyridine rings is 2. The highest BCUT2D eigenvalue weighted by molar-refractivity contribution is 9.11. The number of rotatable bonds is 4. The van der Waals surface area contributed by atoms with Crippen molar-refractivity contribution in [1.82, 2.24) is 9.97 Å². The average Bonchev–Trinajstić information content (AvgIpc) is 2.71. The van der Waals surface area contributed by atoms with Crippen molar-refractivity contribution < 1.29 is 4.74 Å². The van der Waals surface area contributed by atoms with Gasteiger partial charge in [-0.25, -0.2) is 0 Å². The van der Waals surface area contributed by atoms with Crippen molar-refractivity contribution in [3.8, 4) is 17.0 Å². The summed E-state index contributed by atoms with van der Waals surface area (Å²) >= 11 is 7.06. The zero-order chi connectivity index (χ0) is 19.7. The van der Waals surface area contributed by atoms with Gasteiger partial charge in [-0.2, -0.15) is 0 Å². The molecule has 4 rings (SSSR count). The van der Waals surface area contributed by atoms with Gasteiger partial charge in [-0.15, -0.1) is 0 Å². The molecule has 140 valence electrons. The lowest BCUT2D eigenvalue weighted by atomic mass is 9.97. The van der Waals surface area contributed by atoms with E-state index in [1.54, 1.807) is 19.5 Å². The summed E-state index contributed by atoms with van der Waals surface area (Å²) in [6, 6.07) is 15.3. The van der Waals surface area contributed by atoms with E-state index in [1.807, 2.05) is 48.5 Å². The van der Waals surface area contributed by atoms with Crippen LogP contribution in [0.25, 0.3) is 22.2 Å². The lowest BCUT2D eigenvalue weighted by Crippen LogP contribution is -2.14. The van der Waals surface area contributed by atoms with E-state index in [9.17, 15) is 4.79 Å². The van der Waals surface area contributed by atoms with Crippen molar-refractivity contribution in [3.63, 3.8) is 0 Å². The molecule has 6 heteroatoms. The van der Waals surface area contributed by atoms with E-state index in [4.69, 9.17) is 4.74 Å². The Morgan fingerprint density at radius 3 is 2.43 bits per heavy atom. The number of nitrogens with one attached hydrogen (secondary N) is 1. The van der Waals surface area contributed by atoms with Crippen LogP contribution in [-0.2, 0) is 6.42 Å². The van der Waals surface area contributed by atoms with E-state index in [0.29, 0.717) is 17.4 Å². The van der Waals surface area contributed by atoms with Gasteiger partial charge in [-0.05, 0) is 75.6 Å². The van der Waals surface area contributed by atoms with Crippen LogP contribution >= 0.6 is 31.9 Å². The topological polar surface area (TPSA) is 55.0 Å². The Kier molecular flexibility index (Phi) is 5.33. The third-order valence-electron chi connectivity index (χ3n) is 4.63. The molecule has 2 aromatic heterocycles. The smallest absolute Gasteiger partial charge is 0.193 e. The summed E-state index contributed by atoms with van der Waals surface area (Å²) in [5, 5.41) is 0.641. The quantitative estimate of drug-likeness (QED) is 0.391. The summed E-state index contributed by atoms with van der Waals surface area (Å²) in [7, 11) is 1.64. The molecule has 0 saturated carbocycles. The van der Waals surface area contributed by atoms with Crippen LogP contribution < -0.4 is 10.2 Å². The first-order valence-electron chi connectivity index (χ1n) is 8.64. The van der Waals surface area contributed by atoms with Crippen LogP contribution in [0.1, 0.15) is 11.1 Å². The van der Waals surface area contributed by atoms with Gasteiger partial charge in [-0.3, -0.25) is 9.78 Å². The molecule has 4 nitrogen and oxygen atoms in total. The van der Waals surface area contributed by atoms with Crippen LogP contribution in [0.4, 0.5) is 0 Å². The van der Waals surface area contributed by atoms with E-state index in [-0.39, 0.29) is 5.43 Å². The van der Waals surface area contributed by atoms with Gasteiger partial charge in [0, 0.05) is 38.7 Å². The first kappa shape index (κ1) is 18.9. The molecule has 0 fully saturated rings. The monoisotopic (exact) mass is 498 g/mol. The Balaban J connectivity index is 1.99. The van der Waals surface area contributed by atoms with Crippen LogP contribution in [-0.4, -0.2) is 17.1 Å². The van der Waals surface area contributed by atoms with Gasteiger partial charge in [0.2, 0.25) is 0 Å². The number of ether oxygens (including phenoxy) is 1. The molecule has 0 bridgehead atoms. The van der Waals surface area contributed by atoms with E-state index < -0.39 is 0 Å². The maximum Gasteiger partial charge on any atom is 0.193 e. The van der Waals surface area contributed by atoms with Crippen LogP contribution in [0.3, 0.4) is 0 Å². The highest BCUT2D eigenvalue weighted by Crippen LogP contribution is 2.31. The molecule has 0 amide bonds. The molecule has 2 heterocycles. The molecule has 0 aliphatic rings. The van der Waals surface area contributed by atoms with Crippen molar-refractivity contribution in [3.05, 3.63) is 91.2 Å². The van der Waals surface area contributed by atoms with Crippen molar-refractivity contribution in [2.45, 2.75) is 6.42 Å². The second kappa shape index (κ2) is 7.89. The van der Waals surface area contributed by atoms with Crippen molar-refractivity contribution in [1.29, 1.82) is 0 Å². The number of halogens is 2. The number of methoxy groups -OCH3 is 1. The number of aromatic nitrogens is 2. The normalized spacial score (nSPS) is 11.0. The molecule has 0 saturated heterocycles. The van der Waals surface area contributed by atoms with E-state index in [0.717, 1.165) is 37.0 Å². The van der Waals surface area contributed by atoms with Crippen LogP contribution in [0.2, 0.25) is 0 Å². The van der Waals surface area contributed by atoms with Crippen molar-refractivity contribution in [2.24, 2.45) is 0 Å². The standard InChI is InChI=1S/C22H16Br2N2O2/c1-28-16-4-2-14(3-5-16)20-17(10-13-6-8-25-9-7-13)22(27)18-11-15(23)12-19(24)21(18)26-20/h2-9,11-12H,10H2,1H3,(H,26,27). The lowest BCUT2D eigenvalue weighted by Gasteiger charge is -2.14. The summed E-state index contributed by atoms with van der Waals surface area (Å²) in [5.41, 5.74) is 4.27. The number of hydrogen-bond donors (Lipinski definition) is 1. The number of fused-ring (bicyclic) bond motifs is 1. The van der Waals surface area contributed by atoms with Gasteiger partial charge in [0.15, 0.2) is 5.43 Å². The summed E-state index contributed by atoms with van der Waals surface area (Å²) < 4.78 is 6.95. The Morgan fingerprint density at radius 2 is 1.75 bits per heavy atom. The maximum absolute atomic E-state index is 13.5. The fourth-order valence-corrected chi connectivity index (χ4v) is 4.56. The highest BCUT2D eigenvalue weighted by atomic mass is 79.9. The number of nitrogens with zero attached hydrogens (tertiary/aromatic N) is 1. The Hall–Kier alpha value is -2.44. The van der Waals surface area contributed by atoms with Gasteiger partial charge < -0.3 is 9.72 Å². The fraction of sp³-hybridized carbons (Fsp3) is 0.0909. The van der Waals surface area contributed by atoms with Crippen LogP contribution in [0, 0.1) is 0 Å². The number of aromatic amines is 1. The number of hydrogen-bond acceptors (Lipinski definition) is 3. The summed E-state index contributed by atoms with van der Waals surface area (Å²) in [4.78, 5) is 21.0. The van der Waals surface area contributed by atoms with Crippen LogP contribution in [0.5, 0.6) is 5.75 Å². The molecule has 0 aliphatic carbocycles. The minimum Gasteiger partial charge on any atom is -0.497 e. The predicted molar refractivity (Wildman–Crippen MR) is 119 cm³/mol. The lowest BCUT2D eigenvalue weighted by molar-refractivity contribution is 0.415. The van der Waals surface area contributed by atoms with Gasteiger partial charge in [-0.1, -0.05) is 15.9 Å². The van der Waals surface area contributed by atoms with Gasteiger partial charge in [0.05, 0.1) is 18.3 Å². The zero-order valence-electron chi connectivity index (χ0n) is 15.0. The molecule has 0 aliphatic heterocycles. The number of H-pyrrole nitrogens is 1. The molecule has 2 aromatic carbocycles. The maximum atomic E-state index is 13.5. The molecular formula is C22H16Br2N2O2. The minimum absolute atomic E-state index is 0.0124. The largest absolute Gasteiger partial charge is 0.497 e. The van der Waals surface area contributed by atoms with Gasteiger partial charge in [0.1, 0.15) is 5.75 Å². The minimum atomic E-state index is 0.0124. The SMILES string of the molecule is COc1ccc(-c2[nH]c3c(Br)cc(Br)cc3c(=O)c2Cc2ccncc2)cc1. The molecule has 0 unspecified atom stereocenters. The molecule has 1 N–H and O–H groups in total. The van der Waals surface area contributed by atoms with E-state index in [1.165, 1.54) is 0 Å². The second-order valence-corrected chi connectivity index (χ2v) is 8.15. The van der Waals surface area contributed by atoms with Gasteiger partial charge in [0.25, 0.3) is 0 Å². The Bertz CT molecular complexity index is 1200. The summed E-state index contributed by atoms with van der Waals surface area (Å²) in [5.74, 6) is 0.771. The predicted octanol–water partition coefficient (Wildman–Crippen LogP) is 5.71. The summed E-state index contributed by atoms with van der Waals surface area (Å²) in [6.07, 6.45) is 3.99. The third kappa shape index (κ3) is 3.62.